The van der Waals surface area contributed by atoms with Gasteiger partial charge in [0.2, 0.25) is 0 Å². The van der Waals surface area contributed by atoms with Crippen LogP contribution in [0.15, 0.2) is 18.2 Å². The fourth-order valence-electron chi connectivity index (χ4n) is 1.27. The maximum atomic E-state index is 11.1. The molecule has 1 aromatic carbocycles. The molecule has 0 N–H and O–H groups in total. The van der Waals surface area contributed by atoms with E-state index in [1.54, 1.807) is 18.2 Å². The highest BCUT2D eigenvalue weighted by atomic mass is 35.5. The van der Waals surface area contributed by atoms with Crippen LogP contribution in [0.3, 0.4) is 0 Å². The number of esters is 2. The van der Waals surface area contributed by atoms with Crippen LogP contribution >= 0.6 is 11.6 Å². The summed E-state index contributed by atoms with van der Waals surface area (Å²) in [5.41, 5.74) is 0.942. The minimum atomic E-state index is -0.617. The predicted octanol–water partition coefficient (Wildman–Crippen LogP) is 1.58. The second-order valence-corrected chi connectivity index (χ2v) is 3.11. The zero-order valence-corrected chi connectivity index (χ0v) is 7.30. The van der Waals surface area contributed by atoms with Gasteiger partial charge in [0.25, 0.3) is 0 Å². The number of carbonyl (C=O) groups is 2. The van der Waals surface area contributed by atoms with Crippen molar-refractivity contribution < 1.29 is 14.3 Å². The molecule has 0 aliphatic carbocycles. The number of carbonyl (C=O) groups excluding carboxylic acids is 2. The van der Waals surface area contributed by atoms with Crippen LogP contribution in [0, 0.1) is 0 Å². The van der Waals surface area contributed by atoms with Gasteiger partial charge in [-0.25, -0.2) is 4.79 Å². The van der Waals surface area contributed by atoms with Crippen LogP contribution in [0.5, 0.6) is 0 Å². The van der Waals surface area contributed by atoms with E-state index in [0.29, 0.717) is 16.1 Å². The van der Waals surface area contributed by atoms with Crippen LogP contribution in [0.4, 0.5) is 0 Å². The summed E-state index contributed by atoms with van der Waals surface area (Å²) in [6.07, 6.45) is 0.0702. The molecule has 1 aliphatic heterocycles. The van der Waals surface area contributed by atoms with Crippen molar-refractivity contribution in [3.63, 3.8) is 0 Å². The molecule has 3 nitrogen and oxygen atoms in total. The lowest BCUT2D eigenvalue weighted by Gasteiger charge is -2.14. The van der Waals surface area contributed by atoms with E-state index >= 15 is 0 Å². The number of hydrogen-bond donors (Lipinski definition) is 0. The van der Waals surface area contributed by atoms with Crippen molar-refractivity contribution >= 4 is 23.5 Å². The average molecular weight is 197 g/mol. The smallest absolute Gasteiger partial charge is 0.346 e. The number of cyclic esters (lactones) is 2. The summed E-state index contributed by atoms with van der Waals surface area (Å²) in [5, 5.41) is 0.433. The summed E-state index contributed by atoms with van der Waals surface area (Å²) in [7, 11) is 0. The highest BCUT2D eigenvalue weighted by molar-refractivity contribution is 6.32. The van der Waals surface area contributed by atoms with Crippen LogP contribution in [-0.2, 0) is 16.0 Å². The lowest BCUT2D eigenvalue weighted by atomic mass is 10.0. The topological polar surface area (TPSA) is 43.4 Å². The zero-order chi connectivity index (χ0) is 9.42. The maximum absolute atomic E-state index is 11.1. The maximum Gasteiger partial charge on any atom is 0.346 e. The second-order valence-electron chi connectivity index (χ2n) is 2.70. The molecule has 0 radical (unpaired) electrons. The fourth-order valence-corrected chi connectivity index (χ4v) is 1.51. The first-order valence-electron chi connectivity index (χ1n) is 3.71. The lowest BCUT2D eigenvalue weighted by molar-refractivity contribution is -0.137. The van der Waals surface area contributed by atoms with E-state index in [9.17, 15) is 9.59 Å². The van der Waals surface area contributed by atoms with Crippen molar-refractivity contribution in [3.05, 3.63) is 34.3 Å². The Bertz CT molecular complexity index is 398. The molecule has 0 amide bonds. The largest absolute Gasteiger partial charge is 0.389 e. The molecule has 0 spiro atoms. The summed E-state index contributed by atoms with van der Waals surface area (Å²) >= 11 is 5.81. The van der Waals surface area contributed by atoms with Crippen molar-refractivity contribution in [2.75, 3.05) is 0 Å². The molecule has 4 heteroatoms. The lowest BCUT2D eigenvalue weighted by Crippen LogP contribution is -2.22. The van der Waals surface area contributed by atoms with Gasteiger partial charge in [-0.3, -0.25) is 4.79 Å². The van der Waals surface area contributed by atoms with Gasteiger partial charge in [-0.2, -0.15) is 0 Å². The van der Waals surface area contributed by atoms with Crippen molar-refractivity contribution in [2.45, 2.75) is 6.42 Å². The quantitative estimate of drug-likeness (QED) is 0.467. The van der Waals surface area contributed by atoms with Gasteiger partial charge < -0.3 is 4.74 Å². The summed E-state index contributed by atoms with van der Waals surface area (Å²) < 4.78 is 4.43. The number of ether oxygens (including phenoxy) is 1. The Labute approximate surface area is 79.3 Å². The minimum Gasteiger partial charge on any atom is -0.389 e. The van der Waals surface area contributed by atoms with Crippen molar-refractivity contribution in [1.82, 2.24) is 0 Å². The summed E-state index contributed by atoms with van der Waals surface area (Å²) in [6, 6.07) is 4.89. The molecule has 0 saturated carbocycles. The van der Waals surface area contributed by atoms with Gasteiger partial charge in [-0.05, 0) is 17.7 Å². The normalized spacial score (nSPS) is 15.2. The van der Waals surface area contributed by atoms with Gasteiger partial charge in [0.15, 0.2) is 0 Å². The van der Waals surface area contributed by atoms with Crippen molar-refractivity contribution in [3.8, 4) is 0 Å². The van der Waals surface area contributed by atoms with E-state index in [1.807, 2.05) is 0 Å². The highest BCUT2D eigenvalue weighted by Gasteiger charge is 2.25. The van der Waals surface area contributed by atoms with Crippen molar-refractivity contribution in [2.24, 2.45) is 0 Å². The molecule has 0 bridgehead atoms. The molecule has 0 aromatic heterocycles. The van der Waals surface area contributed by atoms with E-state index in [1.165, 1.54) is 0 Å². The van der Waals surface area contributed by atoms with Gasteiger partial charge in [-0.1, -0.05) is 17.7 Å². The minimum absolute atomic E-state index is 0.0702. The van der Waals surface area contributed by atoms with E-state index in [-0.39, 0.29) is 6.42 Å². The van der Waals surface area contributed by atoms with Gasteiger partial charge >= 0.3 is 11.9 Å². The molecule has 1 heterocycles. The molecule has 2 rings (SSSR count). The highest BCUT2D eigenvalue weighted by Crippen LogP contribution is 2.24. The first kappa shape index (κ1) is 8.26. The van der Waals surface area contributed by atoms with Crippen LogP contribution in [-0.4, -0.2) is 11.9 Å². The second kappa shape index (κ2) is 2.85. The molecule has 66 valence electrons. The monoisotopic (exact) mass is 196 g/mol. The summed E-state index contributed by atoms with van der Waals surface area (Å²) in [6.45, 7) is 0. The molecule has 0 fully saturated rings. The first-order valence-corrected chi connectivity index (χ1v) is 4.08. The molecular formula is C9H5ClO3. The fraction of sp³-hybridized carbons (Fsp3) is 0.111. The van der Waals surface area contributed by atoms with Crippen LogP contribution in [0.2, 0.25) is 5.02 Å². The third-order valence-electron chi connectivity index (χ3n) is 1.87. The summed E-state index contributed by atoms with van der Waals surface area (Å²) in [4.78, 5) is 22.0. The molecule has 0 atom stereocenters. The molecule has 1 aliphatic rings. The molecule has 1 aromatic rings. The molecular weight excluding hydrogens is 192 g/mol. The van der Waals surface area contributed by atoms with Gasteiger partial charge in [0, 0.05) is 5.02 Å². The number of benzene rings is 1. The SMILES string of the molecule is O=C1Cc2c(Cl)cccc2C(=O)O1. The number of fused-ring (bicyclic) bond motifs is 1. The standard InChI is InChI=1S/C9H5ClO3/c10-7-3-1-2-5-6(7)4-8(11)13-9(5)12/h1-3H,4H2. The third-order valence-corrected chi connectivity index (χ3v) is 2.22. The Kier molecular flexibility index (Phi) is 1.81. The Morgan fingerprint density at radius 3 is 2.85 bits per heavy atom. The Hall–Kier alpha value is -1.35. The Morgan fingerprint density at radius 2 is 2.08 bits per heavy atom. The molecule has 0 saturated heterocycles. The van der Waals surface area contributed by atoms with E-state index in [0.717, 1.165) is 0 Å². The van der Waals surface area contributed by atoms with Gasteiger partial charge in [0.1, 0.15) is 0 Å². The van der Waals surface area contributed by atoms with E-state index in [2.05, 4.69) is 4.74 Å². The number of halogens is 1. The van der Waals surface area contributed by atoms with Gasteiger partial charge in [0.05, 0.1) is 12.0 Å². The zero-order valence-electron chi connectivity index (χ0n) is 6.54. The number of rotatable bonds is 0. The predicted molar refractivity (Wildman–Crippen MR) is 45.6 cm³/mol. The number of hydrogen-bond acceptors (Lipinski definition) is 3. The van der Waals surface area contributed by atoms with Crippen LogP contribution < -0.4 is 0 Å². The van der Waals surface area contributed by atoms with Crippen molar-refractivity contribution in [1.29, 1.82) is 0 Å². The van der Waals surface area contributed by atoms with E-state index in [4.69, 9.17) is 11.6 Å². The third kappa shape index (κ3) is 1.31. The average Bonchev–Trinajstić information content (AvgIpc) is 2.07. The van der Waals surface area contributed by atoms with Crippen LogP contribution in [0.1, 0.15) is 15.9 Å². The molecule has 13 heavy (non-hydrogen) atoms. The van der Waals surface area contributed by atoms with Crippen LogP contribution in [0.25, 0.3) is 0 Å². The summed E-state index contributed by atoms with van der Waals surface area (Å²) in [5.74, 6) is -1.17. The van der Waals surface area contributed by atoms with E-state index < -0.39 is 11.9 Å². The molecule has 0 unspecified atom stereocenters. The first-order chi connectivity index (χ1) is 6.18. The van der Waals surface area contributed by atoms with Gasteiger partial charge in [-0.15, -0.1) is 0 Å². The Morgan fingerprint density at radius 1 is 1.31 bits per heavy atom. The Balaban J connectivity index is 2.61.